The second kappa shape index (κ2) is 8.30. The van der Waals surface area contributed by atoms with Crippen molar-refractivity contribution in [2.45, 2.75) is 19.5 Å². The normalized spacial score (nSPS) is 11.7. The number of rotatable bonds is 6. The minimum Gasteiger partial charge on any atom is -0.468 e. The van der Waals surface area contributed by atoms with Crippen molar-refractivity contribution in [2.24, 2.45) is 0 Å². The molecule has 5 rings (SSSR count). The largest absolute Gasteiger partial charge is 0.468 e. The minimum atomic E-state index is -0.384. The zero-order valence-corrected chi connectivity index (χ0v) is 18.1. The van der Waals surface area contributed by atoms with Crippen molar-refractivity contribution in [1.29, 1.82) is 0 Å². The van der Waals surface area contributed by atoms with E-state index < -0.39 is 0 Å². The first kappa shape index (κ1) is 20.6. The maximum Gasteiger partial charge on any atom is 0.327 e. The fourth-order valence-electron chi connectivity index (χ4n) is 3.90. The smallest absolute Gasteiger partial charge is 0.327 e. The van der Waals surface area contributed by atoms with Crippen molar-refractivity contribution >= 4 is 11.9 Å². The Balaban J connectivity index is 1.44. The average molecular weight is 444 g/mol. The van der Waals surface area contributed by atoms with Crippen LogP contribution in [0.1, 0.15) is 11.1 Å². The molecule has 0 aliphatic heterocycles. The first-order valence-electron chi connectivity index (χ1n) is 10.2. The zero-order valence-electron chi connectivity index (χ0n) is 18.1. The number of fused-ring (bicyclic) bond motifs is 3. The summed E-state index contributed by atoms with van der Waals surface area (Å²) in [6.45, 7) is 0.0224. The quantitative estimate of drug-likeness (QED) is 0.366. The highest BCUT2D eigenvalue weighted by Gasteiger charge is 2.21. The van der Waals surface area contributed by atoms with Crippen LogP contribution in [-0.2, 0) is 38.6 Å². The molecule has 2 aromatic heterocycles. The number of hydrogen-bond donors (Lipinski definition) is 0. The first-order chi connectivity index (χ1) is 16.0. The SMILES string of the molecule is COC(=O)Cn1cc(-c2ccc3c(c2)-c2cc(-c4cn(CC(=O)OC)nn4)ccc2C3)nn1. The Kier molecular flexibility index (Phi) is 5.17. The van der Waals surface area contributed by atoms with Gasteiger partial charge < -0.3 is 9.47 Å². The first-order valence-corrected chi connectivity index (χ1v) is 10.2. The molecule has 0 amide bonds. The molecular weight excluding hydrogens is 424 g/mol. The lowest BCUT2D eigenvalue weighted by molar-refractivity contribution is -0.142. The third-order valence-electron chi connectivity index (χ3n) is 5.60. The molecule has 0 fully saturated rings. The van der Waals surface area contributed by atoms with Crippen molar-refractivity contribution in [2.75, 3.05) is 14.2 Å². The second-order valence-corrected chi connectivity index (χ2v) is 7.68. The number of esters is 2. The molecule has 10 nitrogen and oxygen atoms in total. The van der Waals surface area contributed by atoms with Gasteiger partial charge >= 0.3 is 11.9 Å². The number of aromatic nitrogens is 6. The van der Waals surface area contributed by atoms with Gasteiger partial charge in [0.05, 0.1) is 26.6 Å². The number of methoxy groups -OCH3 is 2. The number of benzene rings is 2. The van der Waals surface area contributed by atoms with Gasteiger partial charge in [0.2, 0.25) is 0 Å². The van der Waals surface area contributed by atoms with Crippen molar-refractivity contribution in [3.8, 4) is 33.6 Å². The van der Waals surface area contributed by atoms with E-state index in [2.05, 4.69) is 54.4 Å². The Morgan fingerprint density at radius 1 is 0.788 bits per heavy atom. The summed E-state index contributed by atoms with van der Waals surface area (Å²) < 4.78 is 12.3. The van der Waals surface area contributed by atoms with Crippen LogP contribution >= 0.6 is 0 Å². The molecule has 0 saturated heterocycles. The lowest BCUT2D eigenvalue weighted by Gasteiger charge is -2.05. The molecule has 2 aromatic carbocycles. The monoisotopic (exact) mass is 444 g/mol. The van der Waals surface area contributed by atoms with Crippen LogP contribution < -0.4 is 0 Å². The molecule has 166 valence electrons. The Labute approximate surface area is 188 Å². The number of nitrogens with zero attached hydrogens (tertiary/aromatic N) is 6. The molecule has 4 aromatic rings. The van der Waals surface area contributed by atoms with Crippen LogP contribution in [0.25, 0.3) is 33.6 Å². The molecule has 0 unspecified atom stereocenters. The van der Waals surface area contributed by atoms with Crippen LogP contribution in [0, 0.1) is 0 Å². The van der Waals surface area contributed by atoms with Gasteiger partial charge in [-0.1, -0.05) is 34.7 Å². The lowest BCUT2D eigenvalue weighted by atomic mass is 9.99. The summed E-state index contributed by atoms with van der Waals surface area (Å²) in [5.74, 6) is -0.768. The van der Waals surface area contributed by atoms with Crippen LogP contribution in [0.5, 0.6) is 0 Å². The number of carbonyl (C=O) groups is 2. The van der Waals surface area contributed by atoms with Gasteiger partial charge in [-0.25, -0.2) is 9.36 Å². The van der Waals surface area contributed by atoms with Crippen LogP contribution in [0.15, 0.2) is 48.8 Å². The molecule has 0 spiro atoms. The van der Waals surface area contributed by atoms with Crippen LogP contribution in [0.4, 0.5) is 0 Å². The summed E-state index contributed by atoms with van der Waals surface area (Å²) in [5.41, 5.74) is 7.86. The van der Waals surface area contributed by atoms with Gasteiger partial charge in [-0.05, 0) is 40.8 Å². The van der Waals surface area contributed by atoms with Crippen LogP contribution in [0.3, 0.4) is 0 Å². The van der Waals surface area contributed by atoms with E-state index in [1.54, 1.807) is 12.4 Å². The molecule has 0 radical (unpaired) electrons. The summed E-state index contributed by atoms with van der Waals surface area (Å²) in [6.07, 6.45) is 4.30. The molecular formula is C23H20N6O4. The van der Waals surface area contributed by atoms with Crippen LogP contribution in [0.2, 0.25) is 0 Å². The van der Waals surface area contributed by atoms with E-state index in [9.17, 15) is 9.59 Å². The third-order valence-corrected chi connectivity index (χ3v) is 5.60. The fourth-order valence-corrected chi connectivity index (χ4v) is 3.90. The molecule has 2 heterocycles. The number of carbonyl (C=O) groups excluding carboxylic acids is 2. The fraction of sp³-hybridized carbons (Fsp3) is 0.217. The summed E-state index contributed by atoms with van der Waals surface area (Å²) in [7, 11) is 2.68. The Hall–Kier alpha value is -4.34. The number of ether oxygens (including phenoxy) is 2. The van der Waals surface area contributed by atoms with Crippen molar-refractivity contribution < 1.29 is 19.1 Å². The van der Waals surface area contributed by atoms with Gasteiger partial charge in [0.25, 0.3) is 0 Å². The third kappa shape index (κ3) is 3.98. The molecule has 0 bridgehead atoms. The van der Waals surface area contributed by atoms with Crippen molar-refractivity contribution in [3.63, 3.8) is 0 Å². The maximum atomic E-state index is 11.5. The summed E-state index contributed by atoms with van der Waals surface area (Å²) in [6, 6.07) is 12.4. The highest BCUT2D eigenvalue weighted by Crippen LogP contribution is 2.40. The molecule has 10 heteroatoms. The van der Waals surface area contributed by atoms with Gasteiger partial charge in [-0.3, -0.25) is 9.59 Å². The highest BCUT2D eigenvalue weighted by molar-refractivity contribution is 5.83. The lowest BCUT2D eigenvalue weighted by Crippen LogP contribution is -2.11. The van der Waals surface area contributed by atoms with E-state index in [4.69, 9.17) is 0 Å². The summed E-state index contributed by atoms with van der Waals surface area (Å²) in [5, 5.41) is 16.4. The van der Waals surface area contributed by atoms with E-state index in [1.807, 2.05) is 12.1 Å². The minimum absolute atomic E-state index is 0.0112. The van der Waals surface area contributed by atoms with Crippen molar-refractivity contribution in [3.05, 3.63) is 59.9 Å². The molecule has 0 N–H and O–H groups in total. The van der Waals surface area contributed by atoms with Crippen molar-refractivity contribution in [1.82, 2.24) is 30.0 Å². The Morgan fingerprint density at radius 2 is 1.24 bits per heavy atom. The van der Waals surface area contributed by atoms with E-state index in [0.29, 0.717) is 11.4 Å². The summed E-state index contributed by atoms with van der Waals surface area (Å²) >= 11 is 0. The maximum absolute atomic E-state index is 11.5. The number of hydrogen-bond acceptors (Lipinski definition) is 8. The van der Waals surface area contributed by atoms with E-state index >= 15 is 0 Å². The molecule has 1 aliphatic carbocycles. The van der Waals surface area contributed by atoms with E-state index in [-0.39, 0.29) is 25.0 Å². The second-order valence-electron chi connectivity index (χ2n) is 7.68. The molecule has 0 saturated carbocycles. The Morgan fingerprint density at radius 3 is 1.67 bits per heavy atom. The van der Waals surface area contributed by atoms with Gasteiger partial charge in [0.15, 0.2) is 0 Å². The standard InChI is InChI=1S/C23H20N6O4/c1-32-22(30)12-28-10-20(24-26-28)16-5-3-14-7-15-4-6-17(9-19(15)18(14)8-16)21-11-29(27-25-21)13-23(31)33-2/h3-6,8-11H,7,12-13H2,1-2H3. The molecule has 0 atom stereocenters. The van der Waals surface area contributed by atoms with E-state index in [1.165, 1.54) is 34.7 Å². The Bertz CT molecular complexity index is 1270. The van der Waals surface area contributed by atoms with E-state index in [0.717, 1.165) is 28.7 Å². The van der Waals surface area contributed by atoms with Gasteiger partial charge in [-0.15, -0.1) is 10.2 Å². The topological polar surface area (TPSA) is 114 Å². The summed E-state index contributed by atoms with van der Waals surface area (Å²) in [4.78, 5) is 23.0. The molecule has 33 heavy (non-hydrogen) atoms. The van der Waals surface area contributed by atoms with Gasteiger partial charge in [-0.2, -0.15) is 0 Å². The molecule has 1 aliphatic rings. The average Bonchev–Trinajstić information content (AvgIpc) is 3.56. The zero-order chi connectivity index (χ0) is 22.9. The van der Waals surface area contributed by atoms with Gasteiger partial charge in [0, 0.05) is 11.1 Å². The van der Waals surface area contributed by atoms with Gasteiger partial charge in [0.1, 0.15) is 24.5 Å². The predicted octanol–water partition coefficient (Wildman–Crippen LogP) is 2.12. The van der Waals surface area contributed by atoms with Crippen LogP contribution in [-0.4, -0.2) is 56.1 Å². The highest BCUT2D eigenvalue weighted by atomic mass is 16.5. The predicted molar refractivity (Wildman–Crippen MR) is 117 cm³/mol.